The van der Waals surface area contributed by atoms with Crippen molar-refractivity contribution in [1.82, 2.24) is 15.5 Å². The van der Waals surface area contributed by atoms with Crippen molar-refractivity contribution in [1.29, 1.82) is 0 Å². The second kappa shape index (κ2) is 8.14. The van der Waals surface area contributed by atoms with E-state index in [1.54, 1.807) is 12.1 Å². The standard InChI is InChI=1S/C21H25N3O5/c1-2-28-15-9-7-13(8-10-15)19-18-16(12-29-20(18)26)24(21(27)23-19)11-17(25)22-14-5-3-4-6-14/h7-10,14,19H,2-6,11-12H2,1H3,(H,22,25)(H,23,27)/t19-/m0/s1. The highest BCUT2D eigenvalue weighted by molar-refractivity contribution is 5.98. The minimum absolute atomic E-state index is 0.00811. The number of nitrogens with zero attached hydrogens (tertiary/aromatic N) is 1. The average Bonchev–Trinajstić information content (AvgIpc) is 3.35. The summed E-state index contributed by atoms with van der Waals surface area (Å²) in [6.45, 7) is 2.32. The number of cyclic esters (lactones) is 1. The summed E-state index contributed by atoms with van der Waals surface area (Å²) in [4.78, 5) is 38.9. The Balaban J connectivity index is 1.55. The number of ether oxygens (including phenoxy) is 2. The molecule has 3 amide bonds. The average molecular weight is 399 g/mol. The Hall–Kier alpha value is -3.03. The van der Waals surface area contributed by atoms with Gasteiger partial charge in [0.1, 0.15) is 18.9 Å². The number of esters is 1. The van der Waals surface area contributed by atoms with Gasteiger partial charge in [-0.15, -0.1) is 0 Å². The van der Waals surface area contributed by atoms with Gasteiger partial charge in [-0.3, -0.25) is 9.69 Å². The van der Waals surface area contributed by atoms with Crippen molar-refractivity contribution < 1.29 is 23.9 Å². The lowest BCUT2D eigenvalue weighted by atomic mass is 9.95. The van der Waals surface area contributed by atoms with Crippen molar-refractivity contribution in [3.8, 4) is 5.75 Å². The summed E-state index contributed by atoms with van der Waals surface area (Å²) in [5.74, 6) is 0.0182. The fourth-order valence-corrected chi connectivity index (χ4v) is 4.14. The quantitative estimate of drug-likeness (QED) is 0.714. The van der Waals surface area contributed by atoms with E-state index in [4.69, 9.17) is 9.47 Å². The summed E-state index contributed by atoms with van der Waals surface area (Å²) in [5.41, 5.74) is 1.59. The van der Waals surface area contributed by atoms with E-state index < -0.39 is 18.0 Å². The highest BCUT2D eigenvalue weighted by Crippen LogP contribution is 2.35. The molecule has 8 heteroatoms. The molecule has 2 N–H and O–H groups in total. The highest BCUT2D eigenvalue weighted by atomic mass is 16.5. The molecular formula is C21H25N3O5. The Morgan fingerprint density at radius 3 is 2.66 bits per heavy atom. The molecule has 2 aliphatic heterocycles. The van der Waals surface area contributed by atoms with Gasteiger partial charge in [-0.25, -0.2) is 9.59 Å². The van der Waals surface area contributed by atoms with Crippen molar-refractivity contribution in [2.45, 2.75) is 44.7 Å². The summed E-state index contributed by atoms with van der Waals surface area (Å²) in [7, 11) is 0. The minimum atomic E-state index is -0.614. The number of hydrogen-bond donors (Lipinski definition) is 2. The molecule has 0 radical (unpaired) electrons. The Kier molecular flexibility index (Phi) is 5.42. The maximum Gasteiger partial charge on any atom is 0.338 e. The first-order chi connectivity index (χ1) is 14.1. The molecule has 1 saturated carbocycles. The first-order valence-electron chi connectivity index (χ1n) is 10.1. The largest absolute Gasteiger partial charge is 0.494 e. The maximum absolute atomic E-state index is 12.8. The Morgan fingerprint density at radius 1 is 1.24 bits per heavy atom. The Bertz CT molecular complexity index is 842. The van der Waals surface area contributed by atoms with Gasteiger partial charge >= 0.3 is 12.0 Å². The second-order valence-corrected chi connectivity index (χ2v) is 7.46. The molecule has 8 nitrogen and oxygen atoms in total. The lowest BCUT2D eigenvalue weighted by Gasteiger charge is -2.32. The normalized spacial score (nSPS) is 21.7. The molecule has 0 unspecified atom stereocenters. The molecule has 0 aromatic heterocycles. The number of carbonyl (C=O) groups is 3. The van der Waals surface area contributed by atoms with Gasteiger partial charge in [-0.05, 0) is 37.5 Å². The van der Waals surface area contributed by atoms with Gasteiger partial charge in [-0.2, -0.15) is 0 Å². The Morgan fingerprint density at radius 2 is 1.97 bits per heavy atom. The van der Waals surface area contributed by atoms with Crippen molar-refractivity contribution in [2.75, 3.05) is 19.8 Å². The maximum atomic E-state index is 12.8. The van der Waals surface area contributed by atoms with Crippen LogP contribution in [0.1, 0.15) is 44.2 Å². The zero-order valence-corrected chi connectivity index (χ0v) is 16.4. The minimum Gasteiger partial charge on any atom is -0.494 e. The zero-order chi connectivity index (χ0) is 20.4. The van der Waals surface area contributed by atoms with Crippen LogP contribution in [0.25, 0.3) is 0 Å². The number of amides is 3. The van der Waals surface area contributed by atoms with Crippen LogP contribution >= 0.6 is 0 Å². The summed E-state index contributed by atoms with van der Waals surface area (Å²) in [6.07, 6.45) is 4.15. The third-order valence-corrected chi connectivity index (χ3v) is 5.54. The van der Waals surface area contributed by atoms with Crippen LogP contribution in [0.2, 0.25) is 0 Å². The van der Waals surface area contributed by atoms with Gasteiger partial charge in [0.25, 0.3) is 0 Å². The topological polar surface area (TPSA) is 97.0 Å². The van der Waals surface area contributed by atoms with Crippen LogP contribution in [0.15, 0.2) is 35.5 Å². The molecule has 1 atom stereocenters. The number of rotatable bonds is 6. The van der Waals surface area contributed by atoms with Crippen molar-refractivity contribution in [3.05, 3.63) is 41.1 Å². The van der Waals surface area contributed by atoms with Gasteiger partial charge in [0.05, 0.1) is 23.9 Å². The van der Waals surface area contributed by atoms with Gasteiger partial charge < -0.3 is 20.1 Å². The summed E-state index contributed by atoms with van der Waals surface area (Å²) < 4.78 is 10.7. The molecule has 1 aromatic carbocycles. The monoisotopic (exact) mass is 399 g/mol. The molecule has 4 rings (SSSR count). The predicted molar refractivity (Wildman–Crippen MR) is 104 cm³/mol. The number of nitrogens with one attached hydrogen (secondary N) is 2. The molecule has 0 saturated heterocycles. The summed E-state index contributed by atoms with van der Waals surface area (Å²) in [5, 5.41) is 5.82. The smallest absolute Gasteiger partial charge is 0.338 e. The molecule has 3 aliphatic rings. The molecule has 2 heterocycles. The van der Waals surface area contributed by atoms with Crippen LogP contribution in [0, 0.1) is 0 Å². The molecule has 154 valence electrons. The lowest BCUT2D eigenvalue weighted by molar-refractivity contribution is -0.136. The molecule has 0 spiro atoms. The van der Waals surface area contributed by atoms with Crippen molar-refractivity contribution in [3.63, 3.8) is 0 Å². The van der Waals surface area contributed by atoms with Crippen molar-refractivity contribution >= 4 is 17.9 Å². The summed E-state index contributed by atoms with van der Waals surface area (Å²) in [6, 6.07) is 6.37. The van der Waals surface area contributed by atoms with E-state index in [9.17, 15) is 14.4 Å². The molecule has 1 aliphatic carbocycles. The van der Waals surface area contributed by atoms with E-state index in [2.05, 4.69) is 10.6 Å². The Labute approximate surface area is 169 Å². The second-order valence-electron chi connectivity index (χ2n) is 7.46. The molecular weight excluding hydrogens is 374 g/mol. The predicted octanol–water partition coefficient (Wildman–Crippen LogP) is 2.02. The van der Waals surface area contributed by atoms with Crippen LogP contribution in [0.5, 0.6) is 5.75 Å². The molecule has 0 bridgehead atoms. The molecule has 1 aromatic rings. The van der Waals surface area contributed by atoms with Crippen molar-refractivity contribution in [2.24, 2.45) is 0 Å². The third kappa shape index (κ3) is 3.92. The van der Waals surface area contributed by atoms with E-state index >= 15 is 0 Å². The van der Waals surface area contributed by atoms with Crippen LogP contribution < -0.4 is 15.4 Å². The van der Waals surface area contributed by atoms with E-state index in [1.165, 1.54) is 4.90 Å². The third-order valence-electron chi connectivity index (χ3n) is 5.54. The number of urea groups is 1. The fourth-order valence-electron chi connectivity index (χ4n) is 4.14. The van der Waals surface area contributed by atoms with Gasteiger partial charge in [0.15, 0.2) is 0 Å². The number of carbonyl (C=O) groups excluding carboxylic acids is 3. The summed E-state index contributed by atoms with van der Waals surface area (Å²) >= 11 is 0. The number of hydrogen-bond acceptors (Lipinski definition) is 5. The first-order valence-corrected chi connectivity index (χ1v) is 10.1. The van der Waals surface area contributed by atoms with Gasteiger partial charge in [-0.1, -0.05) is 25.0 Å². The van der Waals surface area contributed by atoms with Crippen LogP contribution in [-0.2, 0) is 14.3 Å². The lowest BCUT2D eigenvalue weighted by Crippen LogP contribution is -2.51. The van der Waals surface area contributed by atoms with E-state index in [1.807, 2.05) is 19.1 Å². The van der Waals surface area contributed by atoms with E-state index in [-0.39, 0.29) is 25.1 Å². The molecule has 1 fully saturated rings. The first kappa shape index (κ1) is 19.3. The van der Waals surface area contributed by atoms with Crippen LogP contribution in [0.3, 0.4) is 0 Å². The van der Waals surface area contributed by atoms with Gasteiger partial charge in [0, 0.05) is 6.04 Å². The SMILES string of the molecule is CCOc1ccc([C@@H]2NC(=O)N(CC(=O)NC3CCCC3)C3=C2C(=O)OC3)cc1. The van der Waals surface area contributed by atoms with Crippen LogP contribution in [-0.4, -0.2) is 48.6 Å². The van der Waals surface area contributed by atoms with Gasteiger partial charge in [0.2, 0.25) is 5.91 Å². The van der Waals surface area contributed by atoms with E-state index in [0.29, 0.717) is 23.6 Å². The van der Waals surface area contributed by atoms with Crippen LogP contribution in [0.4, 0.5) is 4.79 Å². The highest BCUT2D eigenvalue weighted by Gasteiger charge is 2.42. The zero-order valence-electron chi connectivity index (χ0n) is 16.4. The molecule has 29 heavy (non-hydrogen) atoms. The number of benzene rings is 1. The fraction of sp³-hybridized carbons (Fsp3) is 0.476. The van der Waals surface area contributed by atoms with E-state index in [0.717, 1.165) is 31.2 Å².